The molecule has 5 heteroatoms. The molecule has 0 aliphatic rings. The second-order valence-corrected chi connectivity index (χ2v) is 3.09. The highest BCUT2D eigenvalue weighted by Gasteiger charge is 2.12. The highest BCUT2D eigenvalue weighted by molar-refractivity contribution is 5.85. The van der Waals surface area contributed by atoms with E-state index in [-0.39, 0.29) is 6.42 Å². The number of hydrogen-bond donors (Lipinski definition) is 1. The fraction of sp³-hybridized carbons (Fsp3) is 0.200. The number of rotatable bonds is 3. The second kappa shape index (κ2) is 3.61. The first-order valence-corrected chi connectivity index (χ1v) is 4.45. The average molecular weight is 206 g/mol. The lowest BCUT2D eigenvalue weighted by Gasteiger charge is -1.97. The summed E-state index contributed by atoms with van der Waals surface area (Å²) in [5, 5.41) is 13.6. The Morgan fingerprint density at radius 3 is 2.93 bits per heavy atom. The molecular weight excluding hydrogens is 196 g/mol. The Labute approximate surface area is 85.8 Å². The van der Waals surface area contributed by atoms with Crippen LogP contribution in [0.3, 0.4) is 0 Å². The third-order valence-corrected chi connectivity index (χ3v) is 2.12. The number of fused-ring (bicyclic) bond motifs is 1. The van der Waals surface area contributed by atoms with Gasteiger partial charge in [-0.3, -0.25) is 4.79 Å². The number of carboxylic acid groups (broad SMARTS) is 1. The van der Waals surface area contributed by atoms with E-state index < -0.39 is 5.97 Å². The molecule has 0 fully saturated rings. The van der Waals surface area contributed by atoms with Crippen LogP contribution in [0.15, 0.2) is 24.3 Å². The number of carboxylic acids is 1. The van der Waals surface area contributed by atoms with E-state index >= 15 is 0 Å². The van der Waals surface area contributed by atoms with Crippen molar-refractivity contribution in [1.82, 2.24) is 9.94 Å². The molecule has 0 saturated carbocycles. The van der Waals surface area contributed by atoms with Crippen LogP contribution >= 0.6 is 0 Å². The minimum absolute atomic E-state index is 0.100. The van der Waals surface area contributed by atoms with Gasteiger partial charge in [0.05, 0.1) is 12.1 Å². The summed E-state index contributed by atoms with van der Waals surface area (Å²) in [6.07, 6.45) is -0.100. The van der Waals surface area contributed by atoms with Crippen molar-refractivity contribution in [1.29, 1.82) is 0 Å². The fourth-order valence-electron chi connectivity index (χ4n) is 1.51. The molecule has 1 aromatic heterocycles. The second-order valence-electron chi connectivity index (χ2n) is 3.09. The predicted molar refractivity (Wildman–Crippen MR) is 53.6 cm³/mol. The van der Waals surface area contributed by atoms with Crippen molar-refractivity contribution >= 4 is 16.9 Å². The predicted octanol–water partition coefficient (Wildman–Crippen LogP) is 0.722. The maximum absolute atomic E-state index is 10.6. The van der Waals surface area contributed by atoms with Gasteiger partial charge in [0.1, 0.15) is 12.6 Å². The van der Waals surface area contributed by atoms with Crippen molar-refractivity contribution in [3.63, 3.8) is 0 Å². The van der Waals surface area contributed by atoms with E-state index in [1.165, 1.54) is 12.0 Å². The average Bonchev–Trinajstić information content (AvgIpc) is 2.56. The van der Waals surface area contributed by atoms with Crippen molar-refractivity contribution in [2.45, 2.75) is 6.42 Å². The van der Waals surface area contributed by atoms with Crippen LogP contribution in [0.1, 0.15) is 5.69 Å². The van der Waals surface area contributed by atoms with Crippen LogP contribution in [0.4, 0.5) is 0 Å². The third kappa shape index (κ3) is 1.63. The molecule has 15 heavy (non-hydrogen) atoms. The summed E-state index contributed by atoms with van der Waals surface area (Å²) < 4.78 is 0. The first-order valence-electron chi connectivity index (χ1n) is 4.45. The topological polar surface area (TPSA) is 64.4 Å². The van der Waals surface area contributed by atoms with Crippen molar-refractivity contribution in [3.05, 3.63) is 30.0 Å². The van der Waals surface area contributed by atoms with E-state index in [1.54, 1.807) is 0 Å². The van der Waals surface area contributed by atoms with Gasteiger partial charge < -0.3 is 9.94 Å². The largest absolute Gasteiger partial charge is 0.481 e. The summed E-state index contributed by atoms with van der Waals surface area (Å²) in [6, 6.07) is 7.35. The Bertz CT molecular complexity index is 504. The maximum Gasteiger partial charge on any atom is 0.309 e. The number of aliphatic carboxylic acids is 1. The van der Waals surface area contributed by atoms with Gasteiger partial charge in [0.25, 0.3) is 0 Å². The van der Waals surface area contributed by atoms with E-state index in [1.807, 2.05) is 24.3 Å². The Kier molecular flexibility index (Phi) is 2.29. The molecule has 2 rings (SSSR count). The molecule has 0 saturated heterocycles. The van der Waals surface area contributed by atoms with E-state index in [2.05, 4.69) is 5.10 Å². The molecule has 0 spiro atoms. The minimum Gasteiger partial charge on any atom is -0.481 e. The molecular formula is C10H10N2O3. The Morgan fingerprint density at radius 1 is 1.53 bits per heavy atom. The molecule has 0 unspecified atom stereocenters. The Morgan fingerprint density at radius 2 is 2.27 bits per heavy atom. The zero-order valence-corrected chi connectivity index (χ0v) is 8.17. The van der Waals surface area contributed by atoms with E-state index in [4.69, 9.17) is 9.94 Å². The van der Waals surface area contributed by atoms with Gasteiger partial charge in [0.2, 0.25) is 0 Å². The summed E-state index contributed by atoms with van der Waals surface area (Å²) in [4.78, 5) is 16.9. The molecule has 0 aliphatic carbocycles. The van der Waals surface area contributed by atoms with Gasteiger partial charge in [-0.25, -0.2) is 0 Å². The summed E-state index contributed by atoms with van der Waals surface area (Å²) in [6.45, 7) is 0. The molecule has 1 heterocycles. The van der Waals surface area contributed by atoms with Crippen molar-refractivity contribution < 1.29 is 14.7 Å². The SMILES string of the molecule is COn1nc(CC(=O)O)c2ccccc21. The van der Waals surface area contributed by atoms with Gasteiger partial charge >= 0.3 is 5.97 Å². The van der Waals surface area contributed by atoms with Crippen molar-refractivity contribution in [3.8, 4) is 0 Å². The van der Waals surface area contributed by atoms with Crippen molar-refractivity contribution in [2.75, 3.05) is 7.11 Å². The number of nitrogens with zero attached hydrogens (tertiary/aromatic N) is 2. The molecule has 0 radical (unpaired) electrons. The van der Waals surface area contributed by atoms with Crippen LogP contribution in [-0.4, -0.2) is 28.1 Å². The number of aromatic nitrogens is 2. The monoisotopic (exact) mass is 206 g/mol. The molecule has 0 bridgehead atoms. The lowest BCUT2D eigenvalue weighted by Crippen LogP contribution is -2.08. The van der Waals surface area contributed by atoms with Crippen LogP contribution in [-0.2, 0) is 11.2 Å². The lowest BCUT2D eigenvalue weighted by molar-refractivity contribution is -0.136. The summed E-state index contributed by atoms with van der Waals surface area (Å²) >= 11 is 0. The summed E-state index contributed by atoms with van der Waals surface area (Å²) in [5.41, 5.74) is 1.29. The number of benzene rings is 1. The molecule has 1 aromatic carbocycles. The van der Waals surface area contributed by atoms with Crippen LogP contribution in [0, 0.1) is 0 Å². The van der Waals surface area contributed by atoms with Crippen molar-refractivity contribution in [2.24, 2.45) is 0 Å². The van der Waals surface area contributed by atoms with Gasteiger partial charge in [-0.1, -0.05) is 23.0 Å². The lowest BCUT2D eigenvalue weighted by atomic mass is 10.2. The van der Waals surface area contributed by atoms with Gasteiger partial charge in [-0.05, 0) is 6.07 Å². The third-order valence-electron chi connectivity index (χ3n) is 2.12. The zero-order chi connectivity index (χ0) is 10.8. The zero-order valence-electron chi connectivity index (χ0n) is 8.17. The van der Waals surface area contributed by atoms with E-state index in [9.17, 15) is 4.79 Å². The van der Waals surface area contributed by atoms with Gasteiger partial charge in [-0.2, -0.15) is 0 Å². The summed E-state index contributed by atoms with van der Waals surface area (Å²) in [5.74, 6) is -0.901. The normalized spacial score (nSPS) is 10.5. The molecule has 78 valence electrons. The van der Waals surface area contributed by atoms with E-state index in [0.717, 1.165) is 10.9 Å². The Balaban J connectivity index is 2.59. The Hall–Kier alpha value is -2.04. The number of hydrogen-bond acceptors (Lipinski definition) is 3. The van der Waals surface area contributed by atoms with E-state index in [0.29, 0.717) is 5.69 Å². The smallest absolute Gasteiger partial charge is 0.309 e. The molecule has 2 aromatic rings. The fourth-order valence-corrected chi connectivity index (χ4v) is 1.51. The van der Waals surface area contributed by atoms with Crippen LogP contribution in [0.2, 0.25) is 0 Å². The van der Waals surface area contributed by atoms with Gasteiger partial charge in [-0.15, -0.1) is 5.10 Å². The highest BCUT2D eigenvalue weighted by atomic mass is 16.7. The number of carbonyl (C=O) groups is 1. The first-order chi connectivity index (χ1) is 7.22. The number of para-hydroxylation sites is 1. The molecule has 5 nitrogen and oxygen atoms in total. The molecule has 0 aliphatic heterocycles. The maximum atomic E-state index is 10.6. The standard InChI is InChI=1S/C10H10N2O3/c1-15-12-9-5-3-2-4-7(9)8(11-12)6-10(13)14/h2-5H,6H2,1H3,(H,13,14). The first kappa shape index (κ1) is 9.51. The van der Waals surface area contributed by atoms with Gasteiger partial charge in [0.15, 0.2) is 0 Å². The molecule has 0 amide bonds. The van der Waals surface area contributed by atoms with Gasteiger partial charge in [0, 0.05) is 5.39 Å². The van der Waals surface area contributed by atoms with Crippen LogP contribution in [0.25, 0.3) is 10.9 Å². The van der Waals surface area contributed by atoms with Crippen LogP contribution in [0.5, 0.6) is 0 Å². The quantitative estimate of drug-likeness (QED) is 0.803. The highest BCUT2D eigenvalue weighted by Crippen LogP contribution is 2.17. The minimum atomic E-state index is -0.901. The molecule has 0 atom stereocenters. The van der Waals surface area contributed by atoms with Crippen LogP contribution < -0.4 is 4.84 Å². The molecule has 1 N–H and O–H groups in total. The summed E-state index contributed by atoms with van der Waals surface area (Å²) in [7, 11) is 1.49.